The maximum Gasteiger partial charge on any atom is 0.236 e. The molecule has 0 radical (unpaired) electrons. The molecule has 0 aliphatic rings. The van der Waals surface area contributed by atoms with Gasteiger partial charge in [0.25, 0.3) is 0 Å². The molecule has 96 valence electrons. The zero-order valence-electron chi connectivity index (χ0n) is 10.8. The van der Waals surface area contributed by atoms with E-state index in [0.717, 1.165) is 25.8 Å². The summed E-state index contributed by atoms with van der Waals surface area (Å²) in [6, 6.07) is 0.0327. The van der Waals surface area contributed by atoms with Crippen LogP contribution in [-0.2, 0) is 4.79 Å². The van der Waals surface area contributed by atoms with Crippen LogP contribution in [0.15, 0.2) is 0 Å². The highest BCUT2D eigenvalue weighted by Crippen LogP contribution is 1.98. The van der Waals surface area contributed by atoms with Crippen molar-refractivity contribution in [1.82, 2.24) is 10.6 Å². The Morgan fingerprint density at radius 1 is 1.38 bits per heavy atom. The molecule has 4 nitrogen and oxygen atoms in total. The summed E-state index contributed by atoms with van der Waals surface area (Å²) in [5, 5.41) is 15.0. The van der Waals surface area contributed by atoms with E-state index in [2.05, 4.69) is 24.5 Å². The maximum absolute atomic E-state index is 11.6. The quantitative estimate of drug-likeness (QED) is 0.519. The molecule has 0 spiro atoms. The summed E-state index contributed by atoms with van der Waals surface area (Å²) < 4.78 is 0. The van der Waals surface area contributed by atoms with Crippen LogP contribution in [0.5, 0.6) is 0 Å². The lowest BCUT2D eigenvalue weighted by Gasteiger charge is -2.21. The third-order valence-corrected chi connectivity index (χ3v) is 2.68. The fraction of sp³-hybridized carbons (Fsp3) is 0.917. The summed E-state index contributed by atoms with van der Waals surface area (Å²) >= 11 is 0. The fourth-order valence-corrected chi connectivity index (χ4v) is 1.53. The van der Waals surface area contributed by atoms with Crippen LogP contribution in [-0.4, -0.2) is 36.2 Å². The number of carbonyl (C=O) groups is 1. The number of hydrogen-bond acceptors (Lipinski definition) is 3. The Labute approximate surface area is 98.8 Å². The van der Waals surface area contributed by atoms with Crippen LogP contribution in [0.1, 0.15) is 46.5 Å². The van der Waals surface area contributed by atoms with Crippen molar-refractivity contribution >= 4 is 5.91 Å². The molecule has 3 N–H and O–H groups in total. The lowest BCUT2D eigenvalue weighted by Crippen LogP contribution is -2.46. The van der Waals surface area contributed by atoms with Gasteiger partial charge in [-0.3, -0.25) is 4.79 Å². The van der Waals surface area contributed by atoms with E-state index < -0.39 is 0 Å². The van der Waals surface area contributed by atoms with E-state index in [1.807, 2.05) is 6.92 Å². The molecule has 2 atom stereocenters. The maximum atomic E-state index is 11.6. The number of nitrogens with one attached hydrogen (secondary N) is 2. The molecule has 0 saturated carbocycles. The number of unbranched alkanes of at least 4 members (excludes halogenated alkanes) is 1. The number of carbonyl (C=O) groups excluding carboxylic acids is 1. The number of rotatable bonds is 9. The summed E-state index contributed by atoms with van der Waals surface area (Å²) in [6.07, 6.45) is 3.73. The van der Waals surface area contributed by atoms with Crippen LogP contribution in [0.4, 0.5) is 0 Å². The van der Waals surface area contributed by atoms with Gasteiger partial charge in [-0.15, -0.1) is 0 Å². The largest absolute Gasteiger partial charge is 0.396 e. The molecule has 2 unspecified atom stereocenters. The topological polar surface area (TPSA) is 61.4 Å². The van der Waals surface area contributed by atoms with Crippen LogP contribution in [0.2, 0.25) is 0 Å². The highest BCUT2D eigenvalue weighted by molar-refractivity contribution is 5.81. The normalized spacial score (nSPS) is 14.5. The van der Waals surface area contributed by atoms with Gasteiger partial charge in [0.2, 0.25) is 5.91 Å². The van der Waals surface area contributed by atoms with Gasteiger partial charge in [-0.1, -0.05) is 20.3 Å². The van der Waals surface area contributed by atoms with Crippen LogP contribution >= 0.6 is 0 Å². The molecule has 0 aliphatic carbocycles. The first-order valence-electron chi connectivity index (χ1n) is 6.30. The molecule has 0 aromatic rings. The van der Waals surface area contributed by atoms with E-state index in [4.69, 9.17) is 5.11 Å². The highest BCUT2D eigenvalue weighted by atomic mass is 16.3. The zero-order chi connectivity index (χ0) is 12.4. The Morgan fingerprint density at radius 3 is 2.56 bits per heavy atom. The SMILES string of the molecule is CCCCNC(=O)C(C)NC(CC)CCO. The highest BCUT2D eigenvalue weighted by Gasteiger charge is 2.15. The average Bonchev–Trinajstić information content (AvgIpc) is 2.28. The smallest absolute Gasteiger partial charge is 0.236 e. The van der Waals surface area contributed by atoms with Gasteiger partial charge in [0, 0.05) is 19.2 Å². The van der Waals surface area contributed by atoms with Crippen molar-refractivity contribution in [2.45, 2.75) is 58.5 Å². The van der Waals surface area contributed by atoms with E-state index in [0.29, 0.717) is 6.42 Å². The average molecular weight is 230 g/mol. The van der Waals surface area contributed by atoms with E-state index in [-0.39, 0.29) is 24.6 Å². The summed E-state index contributed by atoms with van der Waals surface area (Å²) in [5.41, 5.74) is 0. The van der Waals surface area contributed by atoms with Crippen LogP contribution in [0, 0.1) is 0 Å². The second kappa shape index (κ2) is 9.60. The van der Waals surface area contributed by atoms with Crippen LogP contribution < -0.4 is 10.6 Å². The van der Waals surface area contributed by atoms with E-state index in [1.54, 1.807) is 0 Å². The van der Waals surface area contributed by atoms with E-state index in [1.165, 1.54) is 0 Å². The monoisotopic (exact) mass is 230 g/mol. The molecule has 16 heavy (non-hydrogen) atoms. The zero-order valence-corrected chi connectivity index (χ0v) is 10.8. The van der Waals surface area contributed by atoms with Gasteiger partial charge >= 0.3 is 0 Å². The Morgan fingerprint density at radius 2 is 2.06 bits per heavy atom. The minimum absolute atomic E-state index is 0.0461. The van der Waals surface area contributed by atoms with Gasteiger partial charge in [0.05, 0.1) is 6.04 Å². The molecule has 1 amide bonds. The van der Waals surface area contributed by atoms with E-state index >= 15 is 0 Å². The van der Waals surface area contributed by atoms with E-state index in [9.17, 15) is 4.79 Å². The molecular formula is C12H26N2O2. The van der Waals surface area contributed by atoms with Crippen LogP contribution in [0.25, 0.3) is 0 Å². The van der Waals surface area contributed by atoms with Gasteiger partial charge in [0.1, 0.15) is 0 Å². The summed E-state index contributed by atoms with van der Waals surface area (Å²) in [5.74, 6) is 0.0461. The third-order valence-electron chi connectivity index (χ3n) is 2.68. The van der Waals surface area contributed by atoms with Gasteiger partial charge in [-0.2, -0.15) is 0 Å². The molecule has 0 bridgehead atoms. The van der Waals surface area contributed by atoms with Gasteiger partial charge < -0.3 is 15.7 Å². The first kappa shape index (κ1) is 15.4. The number of amides is 1. The summed E-state index contributed by atoms with van der Waals surface area (Å²) in [6.45, 7) is 6.92. The van der Waals surface area contributed by atoms with Crippen molar-refractivity contribution in [3.8, 4) is 0 Å². The first-order valence-corrected chi connectivity index (χ1v) is 6.30. The second-order valence-electron chi connectivity index (χ2n) is 4.15. The van der Waals surface area contributed by atoms with Crippen molar-refractivity contribution in [1.29, 1.82) is 0 Å². The molecular weight excluding hydrogens is 204 g/mol. The first-order chi connectivity index (χ1) is 7.65. The molecule has 0 aromatic carbocycles. The Kier molecular flexibility index (Phi) is 9.24. The lowest BCUT2D eigenvalue weighted by molar-refractivity contribution is -0.123. The fourth-order valence-electron chi connectivity index (χ4n) is 1.53. The minimum atomic E-state index is -0.187. The molecule has 0 aromatic heterocycles. The van der Waals surface area contributed by atoms with Crippen LogP contribution in [0.3, 0.4) is 0 Å². The summed E-state index contributed by atoms with van der Waals surface area (Å²) in [4.78, 5) is 11.6. The van der Waals surface area contributed by atoms with Gasteiger partial charge in [-0.05, 0) is 26.2 Å². The number of hydrogen-bond donors (Lipinski definition) is 3. The number of aliphatic hydroxyl groups is 1. The molecule has 0 rings (SSSR count). The molecule has 0 saturated heterocycles. The van der Waals surface area contributed by atoms with Crippen molar-refractivity contribution < 1.29 is 9.90 Å². The molecule has 0 heterocycles. The molecule has 0 fully saturated rings. The number of aliphatic hydroxyl groups excluding tert-OH is 1. The standard InChI is InChI=1S/C12H26N2O2/c1-4-6-8-13-12(16)10(3)14-11(5-2)7-9-15/h10-11,14-15H,4-9H2,1-3H3,(H,13,16). The summed E-state index contributed by atoms with van der Waals surface area (Å²) in [7, 11) is 0. The Balaban J connectivity index is 3.83. The van der Waals surface area contributed by atoms with Gasteiger partial charge in [0.15, 0.2) is 0 Å². The lowest BCUT2D eigenvalue weighted by atomic mass is 10.1. The minimum Gasteiger partial charge on any atom is -0.396 e. The second-order valence-corrected chi connectivity index (χ2v) is 4.15. The predicted octanol–water partition coefficient (Wildman–Crippen LogP) is 1.04. The van der Waals surface area contributed by atoms with Gasteiger partial charge in [-0.25, -0.2) is 0 Å². The predicted molar refractivity (Wildman–Crippen MR) is 66.3 cm³/mol. The third kappa shape index (κ3) is 6.80. The Hall–Kier alpha value is -0.610. The Bertz CT molecular complexity index is 186. The molecule has 0 aliphatic heterocycles. The van der Waals surface area contributed by atoms with Crippen molar-refractivity contribution in [3.05, 3.63) is 0 Å². The van der Waals surface area contributed by atoms with Crippen molar-refractivity contribution in [2.24, 2.45) is 0 Å². The van der Waals surface area contributed by atoms with Crippen molar-refractivity contribution in [2.75, 3.05) is 13.2 Å². The van der Waals surface area contributed by atoms with Crippen molar-refractivity contribution in [3.63, 3.8) is 0 Å². The molecule has 4 heteroatoms.